The number of hydrogen-bond acceptors (Lipinski definition) is 5. The van der Waals surface area contributed by atoms with Gasteiger partial charge in [0.05, 0.1) is 24.4 Å². The molecule has 2 aromatic carbocycles. The highest BCUT2D eigenvalue weighted by atomic mass is 32.2. The maximum Gasteiger partial charge on any atom is 0.318 e. The Balaban J connectivity index is 1.41. The molecule has 2 saturated heterocycles. The second-order valence-electron chi connectivity index (χ2n) is 8.09. The summed E-state index contributed by atoms with van der Waals surface area (Å²) in [4.78, 5) is 15.2. The van der Waals surface area contributed by atoms with E-state index in [1.165, 1.54) is 0 Å². The summed E-state index contributed by atoms with van der Waals surface area (Å²) in [6.07, 6.45) is 2.65. The Morgan fingerprint density at radius 2 is 1.65 bits per heavy atom. The first-order chi connectivity index (χ1) is 14.9. The predicted molar refractivity (Wildman–Crippen MR) is 117 cm³/mol. The van der Waals surface area contributed by atoms with Crippen molar-refractivity contribution in [3.05, 3.63) is 54.1 Å². The van der Waals surface area contributed by atoms with Crippen molar-refractivity contribution in [1.82, 2.24) is 10.2 Å². The van der Waals surface area contributed by atoms with Crippen LogP contribution in [0.15, 0.2) is 53.4 Å². The Morgan fingerprint density at radius 3 is 2.26 bits per heavy atom. The highest BCUT2D eigenvalue weighted by molar-refractivity contribution is 7.92. The predicted octanol–water partition coefficient (Wildman–Crippen LogP) is 3.38. The normalized spacial score (nSPS) is 22.8. The van der Waals surface area contributed by atoms with Gasteiger partial charge in [-0.25, -0.2) is 13.2 Å². The maximum absolute atomic E-state index is 13.1. The van der Waals surface area contributed by atoms with E-state index in [1.54, 1.807) is 38.5 Å². The largest absolute Gasteiger partial charge is 0.493 e. The number of sulfone groups is 1. The molecule has 0 unspecified atom stereocenters. The first-order valence-corrected chi connectivity index (χ1v) is 12.0. The molecule has 0 aromatic heterocycles. The van der Waals surface area contributed by atoms with Crippen LogP contribution < -0.4 is 14.8 Å². The van der Waals surface area contributed by atoms with Crippen molar-refractivity contribution in [3.8, 4) is 11.5 Å². The van der Waals surface area contributed by atoms with Crippen LogP contribution in [0.3, 0.4) is 0 Å². The van der Waals surface area contributed by atoms with E-state index in [2.05, 4.69) is 5.32 Å². The van der Waals surface area contributed by atoms with Gasteiger partial charge < -0.3 is 19.7 Å². The van der Waals surface area contributed by atoms with Crippen molar-refractivity contribution < 1.29 is 22.7 Å². The number of hydrogen-bond donors (Lipinski definition) is 1. The Bertz CT molecular complexity index is 1030. The van der Waals surface area contributed by atoms with E-state index >= 15 is 0 Å². The third-order valence-electron chi connectivity index (χ3n) is 6.33. The van der Waals surface area contributed by atoms with Crippen molar-refractivity contribution in [3.63, 3.8) is 0 Å². The molecule has 0 radical (unpaired) electrons. The molecule has 2 aliphatic rings. The van der Waals surface area contributed by atoms with Gasteiger partial charge in [0.15, 0.2) is 21.3 Å². The Hall–Kier alpha value is -2.74. The summed E-state index contributed by atoms with van der Waals surface area (Å²) in [7, 11) is -0.236. The molecule has 31 heavy (non-hydrogen) atoms. The highest BCUT2D eigenvalue weighted by Crippen LogP contribution is 2.40. The Labute approximate surface area is 183 Å². The minimum absolute atomic E-state index is 0.0485. The number of urea groups is 1. The fraction of sp³-hybridized carbons (Fsp3) is 0.435. The summed E-state index contributed by atoms with van der Waals surface area (Å²) in [6.45, 7) is 0.362. The topological polar surface area (TPSA) is 84.9 Å². The molecule has 2 aromatic rings. The van der Waals surface area contributed by atoms with Gasteiger partial charge in [0.1, 0.15) is 0 Å². The molecule has 2 fully saturated rings. The van der Waals surface area contributed by atoms with Gasteiger partial charge in [-0.2, -0.15) is 0 Å². The molecule has 2 amide bonds. The van der Waals surface area contributed by atoms with Gasteiger partial charge in [0, 0.05) is 18.6 Å². The monoisotopic (exact) mass is 444 g/mol. The maximum atomic E-state index is 13.1. The molecule has 2 heterocycles. The number of piperidine rings is 1. The van der Waals surface area contributed by atoms with Crippen LogP contribution in [-0.2, 0) is 16.4 Å². The molecule has 0 spiro atoms. The molecule has 2 aliphatic heterocycles. The average molecular weight is 445 g/mol. The molecular weight excluding hydrogens is 416 g/mol. The summed E-state index contributed by atoms with van der Waals surface area (Å²) in [6, 6.07) is 13.9. The molecule has 2 atom stereocenters. The fourth-order valence-electron chi connectivity index (χ4n) is 4.77. The molecule has 7 nitrogen and oxygen atoms in total. The zero-order chi connectivity index (χ0) is 22.0. The molecule has 0 aliphatic carbocycles. The van der Waals surface area contributed by atoms with E-state index in [1.807, 2.05) is 29.2 Å². The molecule has 166 valence electrons. The number of amides is 2. The van der Waals surface area contributed by atoms with Crippen LogP contribution in [0.2, 0.25) is 0 Å². The third kappa shape index (κ3) is 4.21. The lowest BCUT2D eigenvalue weighted by Crippen LogP contribution is -2.52. The average Bonchev–Trinajstić information content (AvgIpc) is 3.06. The summed E-state index contributed by atoms with van der Waals surface area (Å²) < 4.78 is 36.7. The number of rotatable bonds is 6. The van der Waals surface area contributed by atoms with Crippen LogP contribution in [0.25, 0.3) is 0 Å². The lowest BCUT2D eigenvalue weighted by Gasteiger charge is -2.38. The van der Waals surface area contributed by atoms with Crippen LogP contribution in [0.5, 0.6) is 11.5 Å². The number of methoxy groups -OCH3 is 2. The highest BCUT2D eigenvalue weighted by Gasteiger charge is 2.47. The van der Waals surface area contributed by atoms with Gasteiger partial charge in [-0.1, -0.05) is 24.3 Å². The second kappa shape index (κ2) is 8.78. The van der Waals surface area contributed by atoms with Crippen LogP contribution in [0, 0.1) is 0 Å². The quantitative estimate of drug-likeness (QED) is 0.738. The minimum atomic E-state index is -3.39. The van der Waals surface area contributed by atoms with Crippen molar-refractivity contribution in [2.24, 2.45) is 0 Å². The lowest BCUT2D eigenvalue weighted by molar-refractivity contribution is 0.147. The number of fused-ring (bicyclic) bond motifs is 2. The first kappa shape index (κ1) is 21.5. The van der Waals surface area contributed by atoms with Crippen molar-refractivity contribution in [2.45, 2.75) is 54.5 Å². The second-order valence-corrected chi connectivity index (χ2v) is 10.3. The van der Waals surface area contributed by atoms with E-state index in [0.717, 1.165) is 18.4 Å². The summed E-state index contributed by atoms with van der Waals surface area (Å²) in [5.74, 6) is 1.25. The minimum Gasteiger partial charge on any atom is -0.493 e. The van der Waals surface area contributed by atoms with Crippen LogP contribution in [0.4, 0.5) is 4.79 Å². The van der Waals surface area contributed by atoms with E-state index < -0.39 is 15.1 Å². The molecule has 2 bridgehead atoms. The van der Waals surface area contributed by atoms with Gasteiger partial charge in [-0.3, -0.25) is 0 Å². The van der Waals surface area contributed by atoms with Gasteiger partial charge >= 0.3 is 6.03 Å². The molecule has 8 heteroatoms. The van der Waals surface area contributed by atoms with Crippen LogP contribution >= 0.6 is 0 Å². The number of carbonyl (C=O) groups is 1. The van der Waals surface area contributed by atoms with Gasteiger partial charge in [-0.15, -0.1) is 0 Å². The number of nitrogens with zero attached hydrogens (tertiary/aromatic N) is 1. The van der Waals surface area contributed by atoms with E-state index in [-0.39, 0.29) is 18.1 Å². The Kier molecular flexibility index (Phi) is 6.09. The van der Waals surface area contributed by atoms with Crippen molar-refractivity contribution in [1.29, 1.82) is 0 Å². The number of benzene rings is 2. The van der Waals surface area contributed by atoms with Crippen LogP contribution in [-0.4, -0.2) is 50.9 Å². The molecule has 0 saturated carbocycles. The van der Waals surface area contributed by atoms with Crippen molar-refractivity contribution >= 4 is 15.9 Å². The summed E-state index contributed by atoms with van der Waals surface area (Å²) >= 11 is 0. The van der Waals surface area contributed by atoms with Crippen molar-refractivity contribution in [2.75, 3.05) is 14.2 Å². The number of carbonyl (C=O) groups excluding carboxylic acids is 1. The van der Waals surface area contributed by atoms with E-state index in [4.69, 9.17) is 9.47 Å². The van der Waals surface area contributed by atoms with Gasteiger partial charge in [0.2, 0.25) is 0 Å². The van der Waals surface area contributed by atoms with E-state index in [0.29, 0.717) is 35.8 Å². The lowest BCUT2D eigenvalue weighted by atomic mass is 10.0. The first-order valence-electron chi connectivity index (χ1n) is 10.5. The standard InChI is InChI=1S/C23H28N2O5S/c1-29-21-11-8-16(12-22(21)30-2)15-24-23(26)25-17-9-10-18(25)14-20(13-17)31(27,28)19-6-4-3-5-7-19/h3-8,11-12,17-18,20H,9-10,13-15H2,1-2H3,(H,24,26)/t17-,18-/m0/s1. The summed E-state index contributed by atoms with van der Waals surface area (Å²) in [5.41, 5.74) is 0.903. The zero-order valence-electron chi connectivity index (χ0n) is 17.8. The Morgan fingerprint density at radius 1 is 1.00 bits per heavy atom. The summed E-state index contributed by atoms with van der Waals surface area (Å²) in [5, 5.41) is 2.54. The zero-order valence-corrected chi connectivity index (χ0v) is 18.6. The SMILES string of the molecule is COc1ccc(CNC(=O)N2[C@H]3CC[C@H]2CC(S(=O)(=O)c2ccccc2)C3)cc1OC. The molecule has 4 rings (SSSR count). The van der Waals surface area contributed by atoms with Crippen LogP contribution in [0.1, 0.15) is 31.2 Å². The molecule has 1 N–H and O–H groups in total. The van der Waals surface area contributed by atoms with E-state index in [9.17, 15) is 13.2 Å². The number of ether oxygens (including phenoxy) is 2. The smallest absolute Gasteiger partial charge is 0.318 e. The fourth-order valence-corrected chi connectivity index (χ4v) is 6.65. The van der Waals surface area contributed by atoms with Gasteiger partial charge in [-0.05, 0) is 55.5 Å². The van der Waals surface area contributed by atoms with Gasteiger partial charge in [0.25, 0.3) is 0 Å². The molecular formula is C23H28N2O5S. The third-order valence-corrected chi connectivity index (χ3v) is 8.52. The number of nitrogens with one attached hydrogen (secondary N) is 1.